The molecule has 4 heteroatoms. The summed E-state index contributed by atoms with van der Waals surface area (Å²) in [5.41, 5.74) is 0. The normalized spacial score (nSPS) is 12.7. The average molecular weight is 298 g/mol. The Kier molecular flexibility index (Phi) is 7.85. The maximum atomic E-state index is 11.0. The first-order chi connectivity index (χ1) is 9.52. The van der Waals surface area contributed by atoms with Gasteiger partial charge in [-0.05, 0) is 37.3 Å². The Labute approximate surface area is 126 Å². The third-order valence-electron chi connectivity index (χ3n) is 3.30. The fourth-order valence-corrected chi connectivity index (χ4v) is 3.15. The van der Waals surface area contributed by atoms with Crippen LogP contribution in [-0.4, -0.2) is 18.2 Å². The van der Waals surface area contributed by atoms with E-state index in [4.69, 9.17) is 0 Å². The lowest BCUT2D eigenvalue weighted by molar-refractivity contribution is -0.140. The van der Waals surface area contributed by atoms with Crippen LogP contribution in [0.15, 0.2) is 12.1 Å². The van der Waals surface area contributed by atoms with E-state index in [0.717, 1.165) is 37.0 Å². The Hall–Kier alpha value is -0.870. The summed E-state index contributed by atoms with van der Waals surface area (Å²) in [5.74, 6) is 0.537. The molecule has 0 radical (unpaired) electrons. The molecule has 0 bridgehead atoms. The first kappa shape index (κ1) is 17.2. The van der Waals surface area contributed by atoms with Crippen molar-refractivity contribution in [1.82, 2.24) is 0 Å². The summed E-state index contributed by atoms with van der Waals surface area (Å²) in [6.07, 6.45) is 4.85. The largest absolute Gasteiger partial charge is 0.469 e. The van der Waals surface area contributed by atoms with Crippen LogP contribution in [0, 0.1) is 5.92 Å². The summed E-state index contributed by atoms with van der Waals surface area (Å²) in [6, 6.07) is 4.07. The zero-order chi connectivity index (χ0) is 15.0. The van der Waals surface area contributed by atoms with E-state index in [2.05, 4.69) is 24.7 Å². The van der Waals surface area contributed by atoms with Crippen LogP contribution in [0.3, 0.4) is 0 Å². The van der Waals surface area contributed by atoms with Gasteiger partial charge < -0.3 is 9.84 Å². The topological polar surface area (TPSA) is 46.5 Å². The minimum atomic E-state index is -0.340. The van der Waals surface area contributed by atoms with Gasteiger partial charge in [-0.1, -0.05) is 26.7 Å². The Morgan fingerprint density at radius 3 is 2.70 bits per heavy atom. The van der Waals surface area contributed by atoms with Crippen molar-refractivity contribution in [1.29, 1.82) is 0 Å². The molecule has 20 heavy (non-hydrogen) atoms. The van der Waals surface area contributed by atoms with Crippen molar-refractivity contribution in [3.63, 3.8) is 0 Å². The number of carbonyl (C=O) groups is 1. The first-order valence-corrected chi connectivity index (χ1v) is 8.18. The van der Waals surface area contributed by atoms with Crippen LogP contribution < -0.4 is 0 Å². The number of thiophene rings is 1. The molecule has 1 atom stereocenters. The van der Waals surface area contributed by atoms with Crippen molar-refractivity contribution in [2.24, 2.45) is 5.92 Å². The molecule has 1 N–H and O–H groups in total. The average Bonchev–Trinajstić information content (AvgIpc) is 2.86. The van der Waals surface area contributed by atoms with E-state index < -0.39 is 0 Å². The monoisotopic (exact) mass is 298 g/mol. The Morgan fingerprint density at radius 2 is 2.05 bits per heavy atom. The molecule has 0 saturated carbocycles. The molecule has 0 aliphatic rings. The molecule has 0 aliphatic carbocycles. The molecule has 1 heterocycles. The summed E-state index contributed by atoms with van der Waals surface area (Å²) in [7, 11) is 1.42. The van der Waals surface area contributed by atoms with E-state index in [-0.39, 0.29) is 12.1 Å². The number of carbonyl (C=O) groups excluding carboxylic acids is 1. The zero-order valence-electron chi connectivity index (χ0n) is 12.7. The van der Waals surface area contributed by atoms with Gasteiger partial charge in [0.1, 0.15) is 0 Å². The maximum absolute atomic E-state index is 11.0. The predicted octanol–water partition coefficient (Wildman–Crippen LogP) is 4.10. The van der Waals surface area contributed by atoms with E-state index in [1.807, 2.05) is 6.07 Å². The summed E-state index contributed by atoms with van der Waals surface area (Å²) in [6.45, 7) is 4.41. The van der Waals surface area contributed by atoms with E-state index in [1.54, 1.807) is 11.3 Å². The minimum absolute atomic E-state index is 0.157. The highest BCUT2D eigenvalue weighted by atomic mass is 32.1. The van der Waals surface area contributed by atoms with Gasteiger partial charge in [0.25, 0.3) is 0 Å². The van der Waals surface area contributed by atoms with Crippen LogP contribution >= 0.6 is 11.3 Å². The van der Waals surface area contributed by atoms with E-state index in [9.17, 15) is 9.90 Å². The van der Waals surface area contributed by atoms with Crippen LogP contribution in [0.2, 0.25) is 0 Å². The second-order valence-electron chi connectivity index (χ2n) is 5.57. The molecule has 114 valence electrons. The van der Waals surface area contributed by atoms with Crippen molar-refractivity contribution < 1.29 is 14.6 Å². The lowest BCUT2D eigenvalue weighted by Gasteiger charge is -2.09. The van der Waals surface area contributed by atoms with Crippen molar-refractivity contribution in [3.8, 4) is 0 Å². The molecule has 1 rings (SSSR count). The fourth-order valence-electron chi connectivity index (χ4n) is 2.08. The number of aliphatic hydroxyl groups excluding tert-OH is 1. The molecule has 0 fully saturated rings. The van der Waals surface area contributed by atoms with E-state index in [1.165, 1.54) is 12.0 Å². The summed E-state index contributed by atoms with van der Waals surface area (Å²) in [4.78, 5) is 13.3. The molecular formula is C16H26O3S. The van der Waals surface area contributed by atoms with Crippen LogP contribution in [0.5, 0.6) is 0 Å². The van der Waals surface area contributed by atoms with Gasteiger partial charge in [0.15, 0.2) is 0 Å². The number of aryl methyl sites for hydroxylation is 1. The second-order valence-corrected chi connectivity index (χ2v) is 6.77. The predicted molar refractivity (Wildman–Crippen MR) is 82.9 cm³/mol. The fraction of sp³-hybridized carbons (Fsp3) is 0.688. The van der Waals surface area contributed by atoms with Crippen molar-refractivity contribution >= 4 is 17.3 Å². The summed E-state index contributed by atoms with van der Waals surface area (Å²) < 4.78 is 4.62. The first-order valence-electron chi connectivity index (χ1n) is 7.36. The Balaban J connectivity index is 2.32. The third kappa shape index (κ3) is 6.53. The number of rotatable bonds is 9. The molecule has 0 aliphatic heterocycles. The quantitative estimate of drug-likeness (QED) is 0.698. The number of hydrogen-bond donors (Lipinski definition) is 1. The van der Waals surface area contributed by atoms with Crippen LogP contribution in [0.25, 0.3) is 0 Å². The van der Waals surface area contributed by atoms with Gasteiger partial charge in [0, 0.05) is 16.2 Å². The highest BCUT2D eigenvalue weighted by Crippen LogP contribution is 2.28. The Morgan fingerprint density at radius 1 is 1.30 bits per heavy atom. The van der Waals surface area contributed by atoms with Gasteiger partial charge in [0.05, 0.1) is 13.2 Å². The van der Waals surface area contributed by atoms with Crippen LogP contribution in [-0.2, 0) is 16.0 Å². The smallest absolute Gasteiger partial charge is 0.305 e. The highest BCUT2D eigenvalue weighted by Gasteiger charge is 2.11. The number of esters is 1. The van der Waals surface area contributed by atoms with Gasteiger partial charge in [-0.3, -0.25) is 4.79 Å². The SMILES string of the molecule is COC(=O)CCCc1ccc(C(O)CCCC(C)C)s1. The maximum Gasteiger partial charge on any atom is 0.305 e. The second kappa shape index (κ2) is 9.14. The lowest BCUT2D eigenvalue weighted by Crippen LogP contribution is -1.99. The lowest BCUT2D eigenvalue weighted by atomic mass is 10.0. The van der Waals surface area contributed by atoms with Gasteiger partial charge in [0.2, 0.25) is 0 Å². The van der Waals surface area contributed by atoms with Gasteiger partial charge in [-0.25, -0.2) is 0 Å². The molecule has 0 amide bonds. The van der Waals surface area contributed by atoms with Crippen molar-refractivity contribution in [2.75, 3.05) is 7.11 Å². The number of hydrogen-bond acceptors (Lipinski definition) is 4. The molecule has 0 saturated heterocycles. The van der Waals surface area contributed by atoms with Crippen LogP contribution in [0.4, 0.5) is 0 Å². The minimum Gasteiger partial charge on any atom is -0.469 e. The van der Waals surface area contributed by atoms with Gasteiger partial charge in [-0.2, -0.15) is 0 Å². The number of methoxy groups -OCH3 is 1. The van der Waals surface area contributed by atoms with Gasteiger partial charge >= 0.3 is 5.97 Å². The molecule has 0 spiro atoms. The van der Waals surface area contributed by atoms with Crippen molar-refractivity contribution in [3.05, 3.63) is 21.9 Å². The van der Waals surface area contributed by atoms with E-state index in [0.29, 0.717) is 12.3 Å². The molecular weight excluding hydrogens is 272 g/mol. The molecule has 1 aromatic rings. The molecule has 0 aromatic carbocycles. The molecule has 1 aromatic heterocycles. The Bertz CT molecular complexity index is 398. The van der Waals surface area contributed by atoms with Gasteiger partial charge in [-0.15, -0.1) is 11.3 Å². The van der Waals surface area contributed by atoms with E-state index >= 15 is 0 Å². The highest BCUT2D eigenvalue weighted by molar-refractivity contribution is 7.12. The van der Waals surface area contributed by atoms with Crippen molar-refractivity contribution in [2.45, 2.75) is 58.5 Å². The third-order valence-corrected chi connectivity index (χ3v) is 4.55. The standard InChI is InChI=1S/C16H26O3S/c1-12(2)6-4-8-14(17)15-11-10-13(20-15)7-5-9-16(18)19-3/h10-12,14,17H,4-9H2,1-3H3. The number of aliphatic hydroxyl groups is 1. The molecule has 3 nitrogen and oxygen atoms in total. The zero-order valence-corrected chi connectivity index (χ0v) is 13.5. The molecule has 1 unspecified atom stereocenters. The summed E-state index contributed by atoms with van der Waals surface area (Å²) >= 11 is 1.66. The summed E-state index contributed by atoms with van der Waals surface area (Å²) in [5, 5.41) is 10.1. The van der Waals surface area contributed by atoms with Crippen LogP contribution in [0.1, 0.15) is 61.8 Å². The number of ether oxygens (including phenoxy) is 1.